The van der Waals surface area contributed by atoms with Crippen LogP contribution in [-0.4, -0.2) is 25.1 Å². The molecular formula is C6H10N2O. The number of hydrogen-bond acceptors (Lipinski definition) is 3. The van der Waals surface area contributed by atoms with Crippen molar-refractivity contribution >= 4 is 12.9 Å². The molecule has 0 amide bonds. The van der Waals surface area contributed by atoms with Gasteiger partial charge in [-0.15, -0.1) is 0 Å². The fourth-order valence-electron chi connectivity index (χ4n) is 0.297. The van der Waals surface area contributed by atoms with Crippen molar-refractivity contribution in [3.63, 3.8) is 0 Å². The number of aliphatic hydroxyl groups is 1. The molecule has 0 aliphatic rings. The summed E-state index contributed by atoms with van der Waals surface area (Å²) in [5.74, 6) is 0.0625. The molecule has 0 rings (SSSR count). The standard InChI is InChI=1S/C6H10N2O/c1-5(8-3)6(9)4-7-2/h4,9H,3H2,1-2H3/b6-5+,7-4?. The second-order valence-corrected chi connectivity index (χ2v) is 1.52. The van der Waals surface area contributed by atoms with Gasteiger partial charge < -0.3 is 5.11 Å². The maximum Gasteiger partial charge on any atom is 0.154 e. The fraction of sp³-hybridized carbons (Fsp3) is 0.333. The number of nitrogens with zero attached hydrogens (tertiary/aromatic N) is 2. The zero-order valence-electron chi connectivity index (χ0n) is 5.63. The van der Waals surface area contributed by atoms with Gasteiger partial charge in [-0.2, -0.15) is 0 Å². The van der Waals surface area contributed by atoms with E-state index in [1.165, 1.54) is 6.21 Å². The summed E-state index contributed by atoms with van der Waals surface area (Å²) >= 11 is 0. The Balaban J connectivity index is 4.27. The van der Waals surface area contributed by atoms with Gasteiger partial charge >= 0.3 is 0 Å². The number of aliphatic imine (C=N–C) groups is 2. The zero-order valence-corrected chi connectivity index (χ0v) is 5.63. The van der Waals surface area contributed by atoms with Crippen LogP contribution in [0.25, 0.3) is 0 Å². The lowest BCUT2D eigenvalue weighted by molar-refractivity contribution is 0.439. The van der Waals surface area contributed by atoms with Crippen LogP contribution in [0.3, 0.4) is 0 Å². The van der Waals surface area contributed by atoms with Crippen molar-refractivity contribution in [3.05, 3.63) is 11.5 Å². The van der Waals surface area contributed by atoms with Crippen LogP contribution in [0.5, 0.6) is 0 Å². The Morgan fingerprint density at radius 3 is 2.56 bits per heavy atom. The van der Waals surface area contributed by atoms with Crippen LogP contribution in [0.4, 0.5) is 0 Å². The Morgan fingerprint density at radius 2 is 2.22 bits per heavy atom. The topological polar surface area (TPSA) is 45.0 Å². The fourth-order valence-corrected chi connectivity index (χ4v) is 0.297. The lowest BCUT2D eigenvalue weighted by atomic mass is 10.4. The van der Waals surface area contributed by atoms with Gasteiger partial charge in [-0.1, -0.05) is 0 Å². The van der Waals surface area contributed by atoms with E-state index in [1.54, 1.807) is 14.0 Å². The van der Waals surface area contributed by atoms with Crippen LogP contribution in [-0.2, 0) is 0 Å². The van der Waals surface area contributed by atoms with E-state index >= 15 is 0 Å². The van der Waals surface area contributed by atoms with E-state index in [0.717, 1.165) is 0 Å². The Labute approximate surface area is 54.5 Å². The van der Waals surface area contributed by atoms with Gasteiger partial charge in [0.05, 0.1) is 11.9 Å². The third-order valence-corrected chi connectivity index (χ3v) is 0.859. The normalized spacial score (nSPS) is 13.6. The van der Waals surface area contributed by atoms with Gasteiger partial charge in [0.1, 0.15) is 0 Å². The number of hydrogen-bond donors (Lipinski definition) is 1. The molecule has 9 heavy (non-hydrogen) atoms. The molecule has 0 aliphatic heterocycles. The van der Waals surface area contributed by atoms with Crippen molar-refractivity contribution in [1.82, 2.24) is 0 Å². The van der Waals surface area contributed by atoms with Crippen molar-refractivity contribution in [1.29, 1.82) is 0 Å². The third-order valence-electron chi connectivity index (χ3n) is 0.859. The maximum atomic E-state index is 8.91. The molecule has 0 heterocycles. The highest BCUT2D eigenvalue weighted by Gasteiger charge is 1.89. The molecule has 0 radical (unpaired) electrons. The summed E-state index contributed by atoms with van der Waals surface area (Å²) in [5.41, 5.74) is 0.487. The molecule has 0 saturated heterocycles. The Morgan fingerprint density at radius 1 is 1.67 bits per heavy atom. The smallest absolute Gasteiger partial charge is 0.154 e. The number of rotatable bonds is 2. The summed E-state index contributed by atoms with van der Waals surface area (Å²) in [4.78, 5) is 7.08. The highest BCUT2D eigenvalue weighted by Crippen LogP contribution is 1.96. The summed E-state index contributed by atoms with van der Waals surface area (Å²) in [5, 5.41) is 8.91. The Bertz CT molecular complexity index is 158. The maximum absolute atomic E-state index is 8.91. The number of aliphatic hydroxyl groups excluding tert-OH is 1. The van der Waals surface area contributed by atoms with E-state index in [2.05, 4.69) is 16.7 Å². The molecule has 0 saturated carbocycles. The Hall–Kier alpha value is -1.12. The molecule has 0 atom stereocenters. The summed E-state index contributed by atoms with van der Waals surface area (Å²) in [7, 11) is 1.58. The van der Waals surface area contributed by atoms with Gasteiger partial charge in [0.15, 0.2) is 5.76 Å². The minimum absolute atomic E-state index is 0.0625. The largest absolute Gasteiger partial charge is 0.505 e. The molecule has 0 aromatic rings. The predicted octanol–water partition coefficient (Wildman–Crippen LogP) is 1.18. The van der Waals surface area contributed by atoms with Gasteiger partial charge in [-0.25, -0.2) is 0 Å². The zero-order chi connectivity index (χ0) is 7.28. The monoisotopic (exact) mass is 126 g/mol. The molecule has 0 bridgehead atoms. The van der Waals surface area contributed by atoms with E-state index in [0.29, 0.717) is 5.70 Å². The van der Waals surface area contributed by atoms with E-state index < -0.39 is 0 Å². The Kier molecular flexibility index (Phi) is 3.35. The first-order chi connectivity index (χ1) is 4.22. The lowest BCUT2D eigenvalue weighted by Crippen LogP contribution is -1.85. The molecule has 1 N–H and O–H groups in total. The van der Waals surface area contributed by atoms with Crippen LogP contribution in [0.1, 0.15) is 6.92 Å². The van der Waals surface area contributed by atoms with Gasteiger partial charge in [-0.3, -0.25) is 9.98 Å². The highest BCUT2D eigenvalue weighted by atomic mass is 16.3. The average Bonchev–Trinajstić information content (AvgIpc) is 1.87. The molecule has 0 unspecified atom stereocenters. The lowest BCUT2D eigenvalue weighted by Gasteiger charge is -1.90. The van der Waals surface area contributed by atoms with Crippen molar-refractivity contribution < 1.29 is 5.11 Å². The summed E-state index contributed by atoms with van der Waals surface area (Å²) in [6, 6.07) is 0. The molecule has 0 aromatic carbocycles. The van der Waals surface area contributed by atoms with Crippen LogP contribution in [0.2, 0.25) is 0 Å². The highest BCUT2D eigenvalue weighted by molar-refractivity contribution is 5.76. The van der Waals surface area contributed by atoms with E-state index in [1.807, 2.05) is 0 Å². The number of allylic oxidation sites excluding steroid dienone is 2. The van der Waals surface area contributed by atoms with Crippen molar-refractivity contribution in [2.45, 2.75) is 6.92 Å². The van der Waals surface area contributed by atoms with Gasteiger partial charge in [0, 0.05) is 7.05 Å². The second kappa shape index (κ2) is 3.83. The first-order valence-corrected chi connectivity index (χ1v) is 2.51. The SMILES string of the molecule is C=N/C(C)=C(/O)C=NC. The minimum Gasteiger partial charge on any atom is -0.505 e. The predicted molar refractivity (Wildman–Crippen MR) is 39.3 cm³/mol. The molecule has 50 valence electrons. The first-order valence-electron chi connectivity index (χ1n) is 2.51. The van der Waals surface area contributed by atoms with Crippen LogP contribution >= 0.6 is 0 Å². The molecule has 0 aromatic heterocycles. The average molecular weight is 126 g/mol. The summed E-state index contributed by atoms with van der Waals surface area (Å²) < 4.78 is 0. The molecular weight excluding hydrogens is 116 g/mol. The second-order valence-electron chi connectivity index (χ2n) is 1.52. The van der Waals surface area contributed by atoms with E-state index in [4.69, 9.17) is 5.11 Å². The summed E-state index contributed by atoms with van der Waals surface area (Å²) in [6.45, 7) is 4.89. The van der Waals surface area contributed by atoms with Gasteiger partial charge in [-0.05, 0) is 13.6 Å². The van der Waals surface area contributed by atoms with E-state index in [9.17, 15) is 0 Å². The van der Waals surface area contributed by atoms with Gasteiger partial charge in [0.25, 0.3) is 0 Å². The quantitative estimate of drug-likeness (QED) is 0.438. The van der Waals surface area contributed by atoms with Crippen molar-refractivity contribution in [3.8, 4) is 0 Å². The van der Waals surface area contributed by atoms with E-state index in [-0.39, 0.29) is 5.76 Å². The van der Waals surface area contributed by atoms with Crippen LogP contribution < -0.4 is 0 Å². The molecule has 3 heteroatoms. The summed E-state index contributed by atoms with van der Waals surface area (Å²) in [6.07, 6.45) is 1.32. The van der Waals surface area contributed by atoms with Crippen molar-refractivity contribution in [2.24, 2.45) is 9.98 Å². The van der Waals surface area contributed by atoms with Crippen LogP contribution in [0, 0.1) is 0 Å². The minimum atomic E-state index is 0.0625. The third kappa shape index (κ3) is 2.64. The van der Waals surface area contributed by atoms with Crippen molar-refractivity contribution in [2.75, 3.05) is 7.05 Å². The first kappa shape index (κ1) is 7.88. The molecule has 3 nitrogen and oxygen atoms in total. The molecule has 0 spiro atoms. The van der Waals surface area contributed by atoms with Gasteiger partial charge in [0.2, 0.25) is 0 Å². The molecule has 0 fully saturated rings. The molecule has 0 aliphatic carbocycles. The van der Waals surface area contributed by atoms with Crippen LogP contribution in [0.15, 0.2) is 21.4 Å².